The van der Waals surface area contributed by atoms with Gasteiger partial charge in [-0.2, -0.15) is 13.5 Å². The minimum atomic E-state index is -3.69. The van der Waals surface area contributed by atoms with E-state index in [1.54, 1.807) is 19.1 Å². The second-order valence-corrected chi connectivity index (χ2v) is 5.60. The van der Waals surface area contributed by atoms with Crippen molar-refractivity contribution in [2.45, 2.75) is 11.9 Å². The van der Waals surface area contributed by atoms with Gasteiger partial charge in [0.2, 0.25) is 0 Å². The Kier molecular flexibility index (Phi) is 4.43. The number of ether oxygens (including phenoxy) is 1. The van der Waals surface area contributed by atoms with E-state index >= 15 is 0 Å². The summed E-state index contributed by atoms with van der Waals surface area (Å²) >= 11 is 0. The summed E-state index contributed by atoms with van der Waals surface area (Å²) in [7, 11) is -3.69. The largest absolute Gasteiger partial charge is 0.450 e. The van der Waals surface area contributed by atoms with Gasteiger partial charge in [0.25, 0.3) is 10.0 Å². The highest BCUT2D eigenvalue weighted by Crippen LogP contribution is 2.17. The molecule has 1 heterocycles. The number of aromatic nitrogens is 2. The van der Waals surface area contributed by atoms with Crippen molar-refractivity contribution in [1.82, 2.24) is 10.2 Å². The molecule has 1 aromatic heterocycles. The summed E-state index contributed by atoms with van der Waals surface area (Å²) in [4.78, 5) is 11.2. The van der Waals surface area contributed by atoms with E-state index in [4.69, 9.17) is 4.74 Å². The highest BCUT2D eigenvalue weighted by molar-refractivity contribution is 7.92. The molecule has 0 fully saturated rings. The smallest absolute Gasteiger partial charge is 0.411 e. The Hall–Kier alpha value is -2.55. The van der Waals surface area contributed by atoms with Crippen LogP contribution in [0.15, 0.2) is 41.6 Å². The number of sulfonamides is 1. The zero-order valence-corrected chi connectivity index (χ0v) is 12.0. The van der Waals surface area contributed by atoms with E-state index in [0.29, 0.717) is 11.4 Å². The molecule has 0 spiro atoms. The molecule has 9 heteroatoms. The van der Waals surface area contributed by atoms with Gasteiger partial charge in [-0.15, -0.1) is 0 Å². The van der Waals surface area contributed by atoms with E-state index < -0.39 is 16.1 Å². The molecule has 8 nitrogen and oxygen atoms in total. The van der Waals surface area contributed by atoms with Crippen LogP contribution in [-0.4, -0.2) is 31.3 Å². The van der Waals surface area contributed by atoms with Gasteiger partial charge >= 0.3 is 6.09 Å². The summed E-state index contributed by atoms with van der Waals surface area (Å²) < 4.78 is 31.0. The first-order valence-corrected chi connectivity index (χ1v) is 7.55. The van der Waals surface area contributed by atoms with Gasteiger partial charge in [0.05, 0.1) is 12.8 Å². The Labute approximate surface area is 121 Å². The molecule has 0 unspecified atom stereocenters. The van der Waals surface area contributed by atoms with E-state index in [9.17, 15) is 13.2 Å². The van der Waals surface area contributed by atoms with Crippen molar-refractivity contribution in [2.24, 2.45) is 0 Å². The second-order valence-electron chi connectivity index (χ2n) is 3.95. The molecule has 2 rings (SSSR count). The van der Waals surface area contributed by atoms with Gasteiger partial charge in [-0.1, -0.05) is 0 Å². The molecule has 0 saturated heterocycles. The molecule has 21 heavy (non-hydrogen) atoms. The van der Waals surface area contributed by atoms with Crippen LogP contribution in [-0.2, 0) is 14.8 Å². The Bertz CT molecular complexity index is 695. The molecule has 3 N–H and O–H groups in total. The standard InChI is InChI=1S/C12H14N4O4S/c1-2-20-12(17)14-9-3-5-10(6-4-9)16-21(18,19)11-7-8-13-15-11/h3-8,16H,2H2,1H3,(H,13,15)(H,14,17). The number of anilines is 2. The van der Waals surface area contributed by atoms with Crippen molar-refractivity contribution in [2.75, 3.05) is 16.6 Å². The van der Waals surface area contributed by atoms with Gasteiger partial charge in [0, 0.05) is 11.4 Å². The topological polar surface area (TPSA) is 113 Å². The molecule has 1 aromatic carbocycles. The van der Waals surface area contributed by atoms with Crippen molar-refractivity contribution < 1.29 is 17.9 Å². The molecular weight excluding hydrogens is 296 g/mol. The van der Waals surface area contributed by atoms with Gasteiger partial charge in [-0.25, -0.2) is 4.79 Å². The molecule has 0 aliphatic carbocycles. The van der Waals surface area contributed by atoms with Gasteiger partial charge < -0.3 is 4.74 Å². The minimum Gasteiger partial charge on any atom is -0.450 e. The van der Waals surface area contributed by atoms with E-state index in [-0.39, 0.29) is 11.6 Å². The summed E-state index contributed by atoms with van der Waals surface area (Å²) in [6, 6.07) is 7.51. The third-order valence-corrected chi connectivity index (χ3v) is 3.73. The lowest BCUT2D eigenvalue weighted by Gasteiger charge is -2.08. The first-order chi connectivity index (χ1) is 10.0. The number of carbonyl (C=O) groups is 1. The molecule has 0 bridgehead atoms. The number of hydrogen-bond acceptors (Lipinski definition) is 5. The first kappa shape index (κ1) is 14.9. The molecule has 0 saturated carbocycles. The second kappa shape index (κ2) is 6.27. The number of hydrogen-bond donors (Lipinski definition) is 3. The fourth-order valence-electron chi connectivity index (χ4n) is 1.51. The molecule has 0 radical (unpaired) electrons. The predicted molar refractivity (Wildman–Crippen MR) is 76.5 cm³/mol. The van der Waals surface area contributed by atoms with Crippen molar-refractivity contribution in [3.63, 3.8) is 0 Å². The number of benzene rings is 1. The summed E-state index contributed by atoms with van der Waals surface area (Å²) in [6.45, 7) is 1.97. The Morgan fingerprint density at radius 3 is 2.48 bits per heavy atom. The third-order valence-electron chi connectivity index (χ3n) is 2.42. The number of nitrogens with zero attached hydrogens (tertiary/aromatic N) is 1. The highest BCUT2D eigenvalue weighted by atomic mass is 32.2. The van der Waals surface area contributed by atoms with Crippen LogP contribution in [0.4, 0.5) is 16.2 Å². The third kappa shape index (κ3) is 3.96. The molecule has 2 aromatic rings. The van der Waals surface area contributed by atoms with Crippen LogP contribution in [0, 0.1) is 0 Å². The van der Waals surface area contributed by atoms with E-state index in [0.717, 1.165) is 0 Å². The average Bonchev–Trinajstić information content (AvgIpc) is 2.96. The average molecular weight is 310 g/mol. The number of amides is 1. The lowest BCUT2D eigenvalue weighted by molar-refractivity contribution is 0.168. The van der Waals surface area contributed by atoms with Crippen LogP contribution >= 0.6 is 0 Å². The van der Waals surface area contributed by atoms with Crippen LogP contribution in [0.25, 0.3) is 0 Å². The van der Waals surface area contributed by atoms with E-state index in [1.807, 2.05) is 0 Å². The van der Waals surface area contributed by atoms with Crippen LogP contribution in [0.2, 0.25) is 0 Å². The number of rotatable bonds is 5. The monoisotopic (exact) mass is 310 g/mol. The zero-order chi connectivity index (χ0) is 15.3. The molecule has 112 valence electrons. The molecular formula is C12H14N4O4S. The fraction of sp³-hybridized carbons (Fsp3) is 0.167. The number of nitrogens with one attached hydrogen (secondary N) is 3. The number of carbonyl (C=O) groups excluding carboxylic acids is 1. The minimum absolute atomic E-state index is 0.0313. The first-order valence-electron chi connectivity index (χ1n) is 6.07. The molecule has 0 aliphatic rings. The predicted octanol–water partition coefficient (Wildman–Crippen LogP) is 1.78. The molecule has 1 amide bonds. The molecule has 0 aliphatic heterocycles. The quantitative estimate of drug-likeness (QED) is 0.779. The normalized spacial score (nSPS) is 10.9. The lowest BCUT2D eigenvalue weighted by atomic mass is 10.3. The van der Waals surface area contributed by atoms with Gasteiger partial charge in [0.1, 0.15) is 0 Å². The fourth-order valence-corrected chi connectivity index (χ4v) is 2.48. The van der Waals surface area contributed by atoms with Crippen LogP contribution in [0.3, 0.4) is 0 Å². The summed E-state index contributed by atoms with van der Waals surface area (Å²) in [6.07, 6.45) is 0.782. The summed E-state index contributed by atoms with van der Waals surface area (Å²) in [5.74, 6) is 0. The van der Waals surface area contributed by atoms with Crippen LogP contribution < -0.4 is 10.0 Å². The van der Waals surface area contributed by atoms with Crippen LogP contribution in [0.5, 0.6) is 0 Å². The van der Waals surface area contributed by atoms with Crippen molar-refractivity contribution in [3.05, 3.63) is 36.5 Å². The zero-order valence-electron chi connectivity index (χ0n) is 11.2. The van der Waals surface area contributed by atoms with E-state index in [1.165, 1.54) is 24.4 Å². The Morgan fingerprint density at radius 1 is 1.24 bits per heavy atom. The van der Waals surface area contributed by atoms with Crippen molar-refractivity contribution in [3.8, 4) is 0 Å². The number of H-pyrrole nitrogens is 1. The molecule has 0 atom stereocenters. The Balaban J connectivity index is 2.04. The SMILES string of the molecule is CCOC(=O)Nc1ccc(NS(=O)(=O)c2ccn[nH]2)cc1. The summed E-state index contributed by atoms with van der Waals surface area (Å²) in [5, 5.41) is 8.44. The lowest BCUT2D eigenvalue weighted by Crippen LogP contribution is -2.14. The van der Waals surface area contributed by atoms with E-state index in [2.05, 4.69) is 20.2 Å². The van der Waals surface area contributed by atoms with Gasteiger partial charge in [-0.3, -0.25) is 15.1 Å². The number of aromatic amines is 1. The Morgan fingerprint density at radius 2 is 1.90 bits per heavy atom. The van der Waals surface area contributed by atoms with Crippen molar-refractivity contribution >= 4 is 27.5 Å². The maximum Gasteiger partial charge on any atom is 0.411 e. The highest BCUT2D eigenvalue weighted by Gasteiger charge is 2.15. The van der Waals surface area contributed by atoms with Crippen LogP contribution in [0.1, 0.15) is 6.92 Å². The van der Waals surface area contributed by atoms with Crippen molar-refractivity contribution in [1.29, 1.82) is 0 Å². The maximum absolute atomic E-state index is 11.9. The van der Waals surface area contributed by atoms with Gasteiger partial charge in [0.15, 0.2) is 5.03 Å². The maximum atomic E-state index is 11.9. The summed E-state index contributed by atoms with van der Waals surface area (Å²) in [5.41, 5.74) is 0.858. The van der Waals surface area contributed by atoms with Gasteiger partial charge in [-0.05, 0) is 37.3 Å².